The Morgan fingerprint density at radius 3 is 2.21 bits per heavy atom. The van der Waals surface area contributed by atoms with E-state index in [2.05, 4.69) is 30.0 Å². The minimum Gasteiger partial charge on any atom is -0.321 e. The van der Waals surface area contributed by atoms with E-state index < -0.39 is 30.9 Å². The number of amides is 1. The third-order valence-corrected chi connectivity index (χ3v) is 8.37. The van der Waals surface area contributed by atoms with Gasteiger partial charge in [0.15, 0.2) is 5.69 Å². The summed E-state index contributed by atoms with van der Waals surface area (Å²) in [7, 11) is -7.97. The lowest BCUT2D eigenvalue weighted by Crippen LogP contribution is -2.18. The topological polar surface area (TPSA) is 161 Å². The third-order valence-electron chi connectivity index (χ3n) is 5.28. The number of hydrogen-bond acceptors (Lipinski definition) is 9. The molecule has 4 aromatic rings. The Morgan fingerprint density at radius 1 is 0.897 bits per heavy atom. The number of benzene rings is 2. The monoisotopic (exact) mass is 586 g/mol. The van der Waals surface area contributed by atoms with Crippen LogP contribution in [-0.4, -0.2) is 42.7 Å². The van der Waals surface area contributed by atoms with Crippen molar-refractivity contribution in [1.29, 1.82) is 0 Å². The highest BCUT2D eigenvalue weighted by Gasteiger charge is 2.23. The largest absolute Gasteiger partial charge is 0.321 e. The summed E-state index contributed by atoms with van der Waals surface area (Å²) in [6.45, 7) is 5.28. The molecule has 11 nitrogen and oxygen atoms in total. The van der Waals surface area contributed by atoms with Crippen LogP contribution in [0.4, 0.5) is 11.6 Å². The van der Waals surface area contributed by atoms with Gasteiger partial charge in [-0.25, -0.2) is 41.5 Å². The van der Waals surface area contributed by atoms with Crippen LogP contribution in [-0.2, 0) is 25.6 Å². The molecule has 2 aromatic heterocycles. The van der Waals surface area contributed by atoms with Crippen LogP contribution < -0.4 is 10.0 Å². The van der Waals surface area contributed by atoms with Crippen molar-refractivity contribution in [1.82, 2.24) is 19.9 Å². The predicted molar refractivity (Wildman–Crippen MR) is 146 cm³/mol. The number of sulfonamides is 1. The van der Waals surface area contributed by atoms with E-state index in [0.717, 1.165) is 11.8 Å². The van der Waals surface area contributed by atoms with Gasteiger partial charge in [0.25, 0.3) is 15.9 Å². The summed E-state index contributed by atoms with van der Waals surface area (Å²) in [4.78, 5) is 28.6. The minimum absolute atomic E-state index is 0.0589. The van der Waals surface area contributed by atoms with E-state index in [-0.39, 0.29) is 33.0 Å². The molecule has 0 aliphatic carbocycles. The molecule has 0 aliphatic rings. The number of halogens is 1. The molecular formula is C25H23ClN6O5S2. The molecule has 4 rings (SSSR count). The van der Waals surface area contributed by atoms with Crippen molar-refractivity contribution in [3.63, 3.8) is 0 Å². The fourth-order valence-electron chi connectivity index (χ4n) is 3.60. The van der Waals surface area contributed by atoms with Gasteiger partial charge < -0.3 is 5.32 Å². The van der Waals surface area contributed by atoms with Crippen LogP contribution in [0, 0.1) is 20.8 Å². The van der Waals surface area contributed by atoms with Crippen molar-refractivity contribution in [2.24, 2.45) is 0 Å². The van der Waals surface area contributed by atoms with Gasteiger partial charge in [0.1, 0.15) is 0 Å². The number of hydrogen-bond donors (Lipinski definition) is 2. The molecule has 202 valence electrons. The SMILES string of the molecule is Cc1cccc(CS(=O)(=O)c2ncc(Cl)c(C(=O)Nc3ccc(S(=O)(=O)Nc4nc(C)cc(C)n4)cc3)n2)c1. The molecule has 14 heteroatoms. The summed E-state index contributed by atoms with van der Waals surface area (Å²) in [5, 5.41) is 1.83. The fourth-order valence-corrected chi connectivity index (χ4v) is 5.92. The highest BCUT2D eigenvalue weighted by molar-refractivity contribution is 7.92. The Morgan fingerprint density at radius 2 is 1.56 bits per heavy atom. The normalized spacial score (nSPS) is 11.7. The van der Waals surface area contributed by atoms with Crippen LogP contribution in [0.15, 0.2) is 70.8 Å². The number of rotatable bonds is 8. The number of aromatic nitrogens is 4. The Labute approximate surface area is 230 Å². The number of carbonyl (C=O) groups excluding carboxylic acids is 1. The highest BCUT2D eigenvalue weighted by atomic mass is 35.5. The first-order valence-electron chi connectivity index (χ1n) is 11.4. The average molecular weight is 587 g/mol. The quantitative estimate of drug-likeness (QED) is 0.292. The van der Waals surface area contributed by atoms with Crippen LogP contribution in [0.25, 0.3) is 0 Å². The number of sulfone groups is 1. The Kier molecular flexibility index (Phi) is 7.95. The van der Waals surface area contributed by atoms with E-state index in [1.165, 1.54) is 24.3 Å². The maximum atomic E-state index is 12.9. The van der Waals surface area contributed by atoms with Crippen LogP contribution in [0.3, 0.4) is 0 Å². The summed E-state index contributed by atoms with van der Waals surface area (Å²) in [6, 6.07) is 14.0. The first kappa shape index (κ1) is 28.1. The van der Waals surface area contributed by atoms with Gasteiger partial charge in [0.2, 0.25) is 20.9 Å². The second-order valence-corrected chi connectivity index (χ2v) is 12.6. The summed E-state index contributed by atoms with van der Waals surface area (Å²) in [5.41, 5.74) is 2.53. The van der Waals surface area contributed by atoms with Crippen molar-refractivity contribution >= 4 is 49.0 Å². The van der Waals surface area contributed by atoms with E-state index in [9.17, 15) is 21.6 Å². The van der Waals surface area contributed by atoms with E-state index in [0.29, 0.717) is 17.0 Å². The molecule has 0 atom stereocenters. The molecule has 39 heavy (non-hydrogen) atoms. The van der Waals surface area contributed by atoms with Gasteiger partial charge in [-0.3, -0.25) is 4.79 Å². The number of carbonyl (C=O) groups is 1. The predicted octanol–water partition coefficient (Wildman–Crippen LogP) is 3.87. The maximum Gasteiger partial charge on any atom is 0.275 e. The lowest BCUT2D eigenvalue weighted by Gasteiger charge is -2.10. The van der Waals surface area contributed by atoms with Gasteiger partial charge in [0.05, 0.1) is 21.9 Å². The Bertz CT molecular complexity index is 1760. The van der Waals surface area contributed by atoms with Gasteiger partial charge in [-0.1, -0.05) is 41.4 Å². The number of nitrogens with one attached hydrogen (secondary N) is 2. The number of nitrogens with zero attached hydrogens (tertiary/aromatic N) is 4. The first-order chi connectivity index (χ1) is 18.3. The van der Waals surface area contributed by atoms with Crippen molar-refractivity contribution in [3.8, 4) is 0 Å². The molecule has 0 bridgehead atoms. The van der Waals surface area contributed by atoms with E-state index >= 15 is 0 Å². The minimum atomic E-state index is -4.00. The number of anilines is 2. The van der Waals surface area contributed by atoms with Crippen molar-refractivity contribution in [2.75, 3.05) is 10.0 Å². The second-order valence-electron chi connectivity index (χ2n) is 8.66. The molecular weight excluding hydrogens is 564 g/mol. The zero-order valence-corrected chi connectivity index (χ0v) is 23.4. The average Bonchev–Trinajstić information content (AvgIpc) is 2.83. The van der Waals surface area contributed by atoms with Crippen LogP contribution in [0.5, 0.6) is 0 Å². The van der Waals surface area contributed by atoms with E-state index in [1.54, 1.807) is 38.1 Å². The van der Waals surface area contributed by atoms with Gasteiger partial charge in [-0.2, -0.15) is 0 Å². The molecule has 0 saturated carbocycles. The number of aryl methyl sites for hydroxylation is 3. The van der Waals surface area contributed by atoms with Crippen molar-refractivity contribution in [3.05, 3.63) is 94.0 Å². The molecule has 0 radical (unpaired) electrons. The standard InChI is InChI=1S/C25H23ClN6O5S2/c1-15-5-4-6-18(11-15)14-38(34,35)25-27-13-21(26)22(31-25)23(33)30-19-7-9-20(10-8-19)39(36,37)32-24-28-16(2)12-17(3)29-24/h4-13H,14H2,1-3H3,(H,30,33)(H,28,29,32). The van der Waals surface area contributed by atoms with Gasteiger partial charge in [0, 0.05) is 17.1 Å². The molecule has 0 aliphatic heterocycles. The Hall–Kier alpha value is -3.94. The van der Waals surface area contributed by atoms with E-state index in [4.69, 9.17) is 11.6 Å². The summed E-state index contributed by atoms with van der Waals surface area (Å²) in [6.07, 6.45) is 1.04. The first-order valence-corrected chi connectivity index (χ1v) is 14.9. The molecule has 0 fully saturated rings. The second kappa shape index (κ2) is 11.0. The summed E-state index contributed by atoms with van der Waals surface area (Å²) < 4.78 is 53.6. The molecule has 2 aromatic carbocycles. The van der Waals surface area contributed by atoms with Crippen LogP contribution >= 0.6 is 11.6 Å². The summed E-state index contributed by atoms with van der Waals surface area (Å²) in [5.74, 6) is -1.21. The molecule has 2 heterocycles. The smallest absolute Gasteiger partial charge is 0.275 e. The molecule has 2 N–H and O–H groups in total. The zero-order valence-electron chi connectivity index (χ0n) is 21.0. The van der Waals surface area contributed by atoms with Gasteiger partial charge >= 0.3 is 0 Å². The Balaban J connectivity index is 1.50. The molecule has 0 spiro atoms. The molecule has 1 amide bonds. The third kappa shape index (κ3) is 6.93. The van der Waals surface area contributed by atoms with Crippen molar-refractivity contribution < 1.29 is 21.6 Å². The maximum absolute atomic E-state index is 12.9. The molecule has 0 saturated heterocycles. The fraction of sp³-hybridized carbons (Fsp3) is 0.160. The molecule has 0 unspecified atom stereocenters. The lowest BCUT2D eigenvalue weighted by molar-refractivity contribution is 0.102. The summed E-state index contributed by atoms with van der Waals surface area (Å²) >= 11 is 6.09. The highest BCUT2D eigenvalue weighted by Crippen LogP contribution is 2.21. The van der Waals surface area contributed by atoms with Crippen LogP contribution in [0.2, 0.25) is 5.02 Å². The lowest BCUT2D eigenvalue weighted by atomic mass is 10.2. The van der Waals surface area contributed by atoms with E-state index in [1.807, 2.05) is 13.0 Å². The van der Waals surface area contributed by atoms with Gasteiger partial charge in [-0.05, 0) is 56.7 Å². The van der Waals surface area contributed by atoms with Crippen LogP contribution in [0.1, 0.15) is 33.0 Å². The van der Waals surface area contributed by atoms with Gasteiger partial charge in [-0.15, -0.1) is 0 Å². The van der Waals surface area contributed by atoms with Crippen molar-refractivity contribution in [2.45, 2.75) is 36.6 Å². The zero-order chi connectivity index (χ0) is 28.4.